The molecule has 0 saturated carbocycles. The molecule has 0 radical (unpaired) electrons. The van der Waals surface area contributed by atoms with Gasteiger partial charge < -0.3 is 25.0 Å². The maximum Gasteiger partial charge on any atom is 0.255 e. The SMILES string of the molecule is Cc1cnc2[nH]c(=O)c(C3OC(CO)C(O)C3O)cc2n1. The van der Waals surface area contributed by atoms with Crippen molar-refractivity contribution in [2.75, 3.05) is 6.61 Å². The number of fused-ring (bicyclic) bond motifs is 1. The summed E-state index contributed by atoms with van der Waals surface area (Å²) in [6, 6.07) is 1.48. The summed E-state index contributed by atoms with van der Waals surface area (Å²) < 4.78 is 5.36. The number of aliphatic hydroxyl groups is 3. The number of aromatic nitrogens is 3. The largest absolute Gasteiger partial charge is 0.394 e. The number of H-pyrrole nitrogens is 1. The average Bonchev–Trinajstić information content (AvgIpc) is 2.75. The van der Waals surface area contributed by atoms with Crippen LogP contribution in [-0.2, 0) is 4.74 Å². The molecule has 3 heterocycles. The van der Waals surface area contributed by atoms with Crippen LogP contribution in [-0.4, -0.2) is 55.2 Å². The first-order valence-corrected chi connectivity index (χ1v) is 6.50. The zero-order chi connectivity index (χ0) is 15.1. The molecule has 4 N–H and O–H groups in total. The molecule has 2 aromatic heterocycles. The molecule has 0 bridgehead atoms. The van der Waals surface area contributed by atoms with Gasteiger partial charge in [-0.15, -0.1) is 0 Å². The standard InChI is InChI=1S/C13H15N3O5/c1-5-3-14-12-7(15-5)2-6(13(20)16-12)11-10(19)9(18)8(4-17)21-11/h2-3,8-11,17-19H,4H2,1H3,(H,14,16,20). The summed E-state index contributed by atoms with van der Waals surface area (Å²) in [5, 5.41) is 28.8. The van der Waals surface area contributed by atoms with Crippen LogP contribution in [0.15, 0.2) is 17.1 Å². The van der Waals surface area contributed by atoms with Crippen molar-refractivity contribution in [1.29, 1.82) is 0 Å². The highest BCUT2D eigenvalue weighted by Gasteiger charge is 2.44. The van der Waals surface area contributed by atoms with Crippen molar-refractivity contribution in [2.45, 2.75) is 31.3 Å². The van der Waals surface area contributed by atoms with Gasteiger partial charge in [-0.3, -0.25) is 4.79 Å². The Balaban J connectivity index is 2.08. The van der Waals surface area contributed by atoms with Crippen LogP contribution in [0.1, 0.15) is 17.4 Å². The molecule has 112 valence electrons. The van der Waals surface area contributed by atoms with Crippen LogP contribution in [0.25, 0.3) is 11.2 Å². The van der Waals surface area contributed by atoms with E-state index in [-0.39, 0.29) is 5.56 Å². The Bertz CT molecular complexity index is 731. The number of rotatable bonds is 2. The minimum atomic E-state index is -1.29. The van der Waals surface area contributed by atoms with E-state index in [1.54, 1.807) is 6.92 Å². The molecule has 1 aliphatic heterocycles. The predicted molar refractivity (Wildman–Crippen MR) is 71.6 cm³/mol. The summed E-state index contributed by atoms with van der Waals surface area (Å²) in [5.41, 5.74) is 1.14. The Hall–Kier alpha value is -1.87. The number of hydrogen-bond acceptors (Lipinski definition) is 7. The highest BCUT2D eigenvalue weighted by Crippen LogP contribution is 2.32. The molecular formula is C13H15N3O5. The van der Waals surface area contributed by atoms with Gasteiger partial charge in [-0.1, -0.05) is 0 Å². The second-order valence-corrected chi connectivity index (χ2v) is 5.06. The molecule has 1 fully saturated rings. The first-order valence-electron chi connectivity index (χ1n) is 6.50. The lowest BCUT2D eigenvalue weighted by Gasteiger charge is -2.14. The van der Waals surface area contributed by atoms with Gasteiger partial charge in [0, 0.05) is 0 Å². The first kappa shape index (κ1) is 14.1. The maximum absolute atomic E-state index is 12.1. The van der Waals surface area contributed by atoms with E-state index in [0.717, 1.165) is 0 Å². The molecule has 0 amide bonds. The highest BCUT2D eigenvalue weighted by molar-refractivity contribution is 5.70. The molecule has 4 atom stereocenters. The molecule has 4 unspecified atom stereocenters. The molecular weight excluding hydrogens is 278 g/mol. The molecule has 0 aliphatic carbocycles. The third-order valence-electron chi connectivity index (χ3n) is 3.56. The lowest BCUT2D eigenvalue weighted by molar-refractivity contribution is -0.0231. The van der Waals surface area contributed by atoms with Crippen LogP contribution in [0.5, 0.6) is 0 Å². The average molecular weight is 293 g/mol. The van der Waals surface area contributed by atoms with Gasteiger partial charge in [-0.25, -0.2) is 9.97 Å². The van der Waals surface area contributed by atoms with Gasteiger partial charge in [0.25, 0.3) is 5.56 Å². The summed E-state index contributed by atoms with van der Waals surface area (Å²) in [6.45, 7) is 1.32. The van der Waals surface area contributed by atoms with Crippen LogP contribution in [0.3, 0.4) is 0 Å². The van der Waals surface area contributed by atoms with Crippen LogP contribution < -0.4 is 5.56 Å². The first-order chi connectivity index (χ1) is 10.0. The fraction of sp³-hybridized carbons (Fsp3) is 0.462. The Kier molecular flexibility index (Phi) is 3.46. The quantitative estimate of drug-likeness (QED) is 0.546. The zero-order valence-electron chi connectivity index (χ0n) is 11.2. The second kappa shape index (κ2) is 5.15. The van der Waals surface area contributed by atoms with Crippen molar-refractivity contribution < 1.29 is 20.1 Å². The van der Waals surface area contributed by atoms with E-state index in [1.807, 2.05) is 0 Å². The molecule has 8 heteroatoms. The van der Waals surface area contributed by atoms with Crippen molar-refractivity contribution >= 4 is 11.2 Å². The molecule has 21 heavy (non-hydrogen) atoms. The fourth-order valence-electron chi connectivity index (χ4n) is 2.45. The summed E-state index contributed by atoms with van der Waals surface area (Å²) in [5.74, 6) is 0. The number of aryl methyl sites for hydroxylation is 1. The highest BCUT2D eigenvalue weighted by atomic mass is 16.6. The van der Waals surface area contributed by atoms with Crippen LogP contribution >= 0.6 is 0 Å². The third kappa shape index (κ3) is 2.32. The normalized spacial score (nSPS) is 29.1. The summed E-state index contributed by atoms with van der Waals surface area (Å²) in [6.07, 6.45) is -2.96. The van der Waals surface area contributed by atoms with Crippen LogP contribution in [0, 0.1) is 6.92 Å². The van der Waals surface area contributed by atoms with Gasteiger partial charge in [0.05, 0.1) is 24.1 Å². The van der Waals surface area contributed by atoms with Gasteiger partial charge in [-0.05, 0) is 13.0 Å². The molecule has 1 aliphatic rings. The minimum absolute atomic E-state index is 0.143. The van der Waals surface area contributed by atoms with E-state index >= 15 is 0 Å². The van der Waals surface area contributed by atoms with E-state index < -0.39 is 36.6 Å². The number of ether oxygens (including phenoxy) is 1. The smallest absolute Gasteiger partial charge is 0.255 e. The van der Waals surface area contributed by atoms with Crippen molar-refractivity contribution in [3.63, 3.8) is 0 Å². The number of hydrogen-bond donors (Lipinski definition) is 4. The van der Waals surface area contributed by atoms with Crippen molar-refractivity contribution in [3.05, 3.63) is 33.9 Å². The van der Waals surface area contributed by atoms with Crippen molar-refractivity contribution in [3.8, 4) is 0 Å². The Morgan fingerprint density at radius 3 is 2.81 bits per heavy atom. The van der Waals surface area contributed by atoms with E-state index in [4.69, 9.17) is 9.84 Å². The van der Waals surface area contributed by atoms with E-state index in [9.17, 15) is 15.0 Å². The number of aromatic amines is 1. The predicted octanol–water partition coefficient (Wildman–Crippen LogP) is -1.22. The van der Waals surface area contributed by atoms with E-state index in [0.29, 0.717) is 16.9 Å². The second-order valence-electron chi connectivity index (χ2n) is 5.06. The topological polar surface area (TPSA) is 129 Å². The number of pyridine rings is 1. The van der Waals surface area contributed by atoms with E-state index in [2.05, 4.69) is 15.0 Å². The Morgan fingerprint density at radius 1 is 1.38 bits per heavy atom. The Labute approximate surface area is 119 Å². The van der Waals surface area contributed by atoms with Gasteiger partial charge in [0.1, 0.15) is 29.9 Å². The third-order valence-corrected chi connectivity index (χ3v) is 3.56. The Morgan fingerprint density at radius 2 is 2.14 bits per heavy atom. The molecule has 8 nitrogen and oxygen atoms in total. The van der Waals surface area contributed by atoms with Crippen molar-refractivity contribution in [1.82, 2.24) is 15.0 Å². The minimum Gasteiger partial charge on any atom is -0.394 e. The monoisotopic (exact) mass is 293 g/mol. The van der Waals surface area contributed by atoms with Gasteiger partial charge >= 0.3 is 0 Å². The molecule has 0 spiro atoms. The van der Waals surface area contributed by atoms with Gasteiger partial charge in [0.15, 0.2) is 5.65 Å². The zero-order valence-corrected chi connectivity index (χ0v) is 11.2. The van der Waals surface area contributed by atoms with Crippen LogP contribution in [0.4, 0.5) is 0 Å². The fourth-order valence-corrected chi connectivity index (χ4v) is 2.45. The number of aliphatic hydroxyl groups excluding tert-OH is 3. The van der Waals surface area contributed by atoms with Gasteiger partial charge in [-0.2, -0.15) is 0 Å². The van der Waals surface area contributed by atoms with E-state index in [1.165, 1.54) is 12.3 Å². The summed E-state index contributed by atoms with van der Waals surface area (Å²) >= 11 is 0. The van der Waals surface area contributed by atoms with Crippen LogP contribution in [0.2, 0.25) is 0 Å². The lowest BCUT2D eigenvalue weighted by Crippen LogP contribution is -2.33. The molecule has 1 saturated heterocycles. The maximum atomic E-state index is 12.1. The number of nitrogens with zero attached hydrogens (tertiary/aromatic N) is 2. The van der Waals surface area contributed by atoms with Crippen molar-refractivity contribution in [2.24, 2.45) is 0 Å². The lowest BCUT2D eigenvalue weighted by atomic mass is 10.0. The molecule has 2 aromatic rings. The molecule has 3 rings (SSSR count). The van der Waals surface area contributed by atoms with Gasteiger partial charge in [0.2, 0.25) is 0 Å². The molecule has 0 aromatic carbocycles. The summed E-state index contributed by atoms with van der Waals surface area (Å²) in [4.78, 5) is 23.0. The summed E-state index contributed by atoms with van der Waals surface area (Å²) in [7, 11) is 0. The number of nitrogens with one attached hydrogen (secondary N) is 1.